The Balaban J connectivity index is 3.83. The van der Waals surface area contributed by atoms with Crippen molar-refractivity contribution >= 4 is 12.0 Å². The molecule has 0 saturated heterocycles. The molecule has 1 unspecified atom stereocenters. The number of urea groups is 1. The molecule has 0 aromatic heterocycles. The van der Waals surface area contributed by atoms with Crippen molar-refractivity contribution in [2.24, 2.45) is 11.8 Å². The molecule has 0 aromatic carbocycles. The molecular formula is C15H31N3O3. The molecule has 0 saturated carbocycles. The van der Waals surface area contributed by atoms with Crippen LogP contribution in [0.15, 0.2) is 0 Å². The number of rotatable bonds is 11. The van der Waals surface area contributed by atoms with Gasteiger partial charge in [-0.1, -0.05) is 13.8 Å². The van der Waals surface area contributed by atoms with E-state index in [-0.39, 0.29) is 18.4 Å². The highest BCUT2D eigenvalue weighted by Crippen LogP contribution is 2.14. The number of hydrogen-bond acceptors (Lipinski definition) is 3. The average molecular weight is 301 g/mol. The van der Waals surface area contributed by atoms with Gasteiger partial charge < -0.3 is 20.6 Å². The van der Waals surface area contributed by atoms with Crippen LogP contribution >= 0.6 is 0 Å². The number of unbranched alkanes of at least 4 members (excludes halogenated alkanes) is 1. The van der Waals surface area contributed by atoms with Crippen LogP contribution in [0.5, 0.6) is 0 Å². The zero-order valence-electron chi connectivity index (χ0n) is 13.8. The number of carboxylic acid groups (broad SMARTS) is 1. The van der Waals surface area contributed by atoms with Crippen molar-refractivity contribution in [3.63, 3.8) is 0 Å². The molecule has 0 aliphatic heterocycles. The lowest BCUT2D eigenvalue weighted by Crippen LogP contribution is -2.39. The van der Waals surface area contributed by atoms with E-state index in [0.717, 1.165) is 25.8 Å². The molecule has 0 bridgehead atoms. The molecule has 0 aliphatic carbocycles. The minimum Gasteiger partial charge on any atom is -0.481 e. The summed E-state index contributed by atoms with van der Waals surface area (Å²) in [5, 5.41) is 14.4. The topological polar surface area (TPSA) is 81.7 Å². The maximum Gasteiger partial charge on any atom is 0.314 e. The van der Waals surface area contributed by atoms with E-state index < -0.39 is 5.97 Å². The summed E-state index contributed by atoms with van der Waals surface area (Å²) in [6.45, 7) is 6.18. The highest BCUT2D eigenvalue weighted by atomic mass is 16.4. The molecule has 0 aliphatic rings. The van der Waals surface area contributed by atoms with Gasteiger partial charge in [-0.3, -0.25) is 4.79 Å². The summed E-state index contributed by atoms with van der Waals surface area (Å²) in [4.78, 5) is 24.6. The van der Waals surface area contributed by atoms with Gasteiger partial charge in [-0.15, -0.1) is 0 Å². The predicted molar refractivity (Wildman–Crippen MR) is 84.4 cm³/mol. The minimum atomic E-state index is -0.813. The Bertz CT molecular complexity index is 307. The Hall–Kier alpha value is -1.30. The Labute approximate surface area is 128 Å². The minimum absolute atomic E-state index is 0.0120. The number of amides is 2. The van der Waals surface area contributed by atoms with Crippen LogP contribution in [-0.2, 0) is 4.79 Å². The van der Waals surface area contributed by atoms with E-state index in [4.69, 9.17) is 5.11 Å². The summed E-state index contributed by atoms with van der Waals surface area (Å²) in [6, 6.07) is -0.209. The highest BCUT2D eigenvalue weighted by molar-refractivity contribution is 5.74. The molecule has 1 atom stereocenters. The van der Waals surface area contributed by atoms with Crippen molar-refractivity contribution in [1.29, 1.82) is 0 Å². The molecule has 3 N–H and O–H groups in total. The van der Waals surface area contributed by atoms with E-state index in [1.54, 1.807) is 0 Å². The quantitative estimate of drug-likeness (QED) is 0.508. The third kappa shape index (κ3) is 13.4. The lowest BCUT2D eigenvalue weighted by atomic mass is 9.94. The van der Waals surface area contributed by atoms with Crippen LogP contribution < -0.4 is 10.6 Å². The Morgan fingerprint density at radius 1 is 1.14 bits per heavy atom. The molecule has 0 fully saturated rings. The van der Waals surface area contributed by atoms with E-state index in [2.05, 4.69) is 29.4 Å². The SMILES string of the molecule is CC(C)CC(CNC(=O)NCCCCN(C)C)CC(=O)O. The van der Waals surface area contributed by atoms with Gasteiger partial charge in [0.25, 0.3) is 0 Å². The van der Waals surface area contributed by atoms with Gasteiger partial charge in [0.05, 0.1) is 0 Å². The number of nitrogens with zero attached hydrogens (tertiary/aromatic N) is 1. The van der Waals surface area contributed by atoms with Crippen LogP contribution in [0.1, 0.15) is 39.5 Å². The van der Waals surface area contributed by atoms with Gasteiger partial charge >= 0.3 is 12.0 Å². The molecular weight excluding hydrogens is 270 g/mol. The van der Waals surface area contributed by atoms with E-state index in [0.29, 0.717) is 19.0 Å². The van der Waals surface area contributed by atoms with Crippen molar-refractivity contribution in [3.05, 3.63) is 0 Å². The van der Waals surface area contributed by atoms with Crippen molar-refractivity contribution in [2.45, 2.75) is 39.5 Å². The van der Waals surface area contributed by atoms with Gasteiger partial charge in [-0.2, -0.15) is 0 Å². The number of carboxylic acids is 1. The second-order valence-corrected chi connectivity index (χ2v) is 6.24. The van der Waals surface area contributed by atoms with E-state index in [1.165, 1.54) is 0 Å². The molecule has 0 rings (SSSR count). The summed E-state index contributed by atoms with van der Waals surface area (Å²) < 4.78 is 0. The summed E-state index contributed by atoms with van der Waals surface area (Å²) in [7, 11) is 4.05. The predicted octanol–water partition coefficient (Wildman–Crippen LogP) is 1.76. The first-order chi connectivity index (χ1) is 9.81. The Kier molecular flexibility index (Phi) is 10.7. The van der Waals surface area contributed by atoms with Crippen molar-refractivity contribution < 1.29 is 14.7 Å². The Morgan fingerprint density at radius 3 is 2.33 bits per heavy atom. The van der Waals surface area contributed by atoms with Gasteiger partial charge in [0.15, 0.2) is 0 Å². The number of hydrogen-bond donors (Lipinski definition) is 3. The van der Waals surface area contributed by atoms with Gasteiger partial charge in [-0.25, -0.2) is 4.79 Å². The Morgan fingerprint density at radius 2 is 1.81 bits per heavy atom. The van der Waals surface area contributed by atoms with Crippen molar-refractivity contribution in [1.82, 2.24) is 15.5 Å². The summed E-state index contributed by atoms with van der Waals surface area (Å²) in [6.07, 6.45) is 2.88. The number of carbonyl (C=O) groups is 2. The van der Waals surface area contributed by atoms with E-state index >= 15 is 0 Å². The lowest BCUT2D eigenvalue weighted by molar-refractivity contribution is -0.138. The maximum atomic E-state index is 11.6. The fourth-order valence-electron chi connectivity index (χ4n) is 2.21. The fourth-order valence-corrected chi connectivity index (χ4v) is 2.21. The van der Waals surface area contributed by atoms with Gasteiger partial charge in [-0.05, 0) is 51.7 Å². The normalized spacial score (nSPS) is 12.5. The van der Waals surface area contributed by atoms with Crippen LogP contribution in [0.25, 0.3) is 0 Å². The molecule has 0 radical (unpaired) electrons. The number of nitrogens with one attached hydrogen (secondary N) is 2. The monoisotopic (exact) mass is 301 g/mol. The highest BCUT2D eigenvalue weighted by Gasteiger charge is 2.15. The number of aliphatic carboxylic acids is 1. The molecule has 6 nitrogen and oxygen atoms in total. The van der Waals surface area contributed by atoms with Gasteiger partial charge in [0.1, 0.15) is 0 Å². The number of carbonyl (C=O) groups excluding carboxylic acids is 1. The maximum absolute atomic E-state index is 11.6. The summed E-state index contributed by atoms with van der Waals surface area (Å²) in [5.41, 5.74) is 0. The van der Waals surface area contributed by atoms with Crippen LogP contribution in [0, 0.1) is 11.8 Å². The first-order valence-electron chi connectivity index (χ1n) is 7.69. The first kappa shape index (κ1) is 19.7. The van der Waals surface area contributed by atoms with Crippen LogP contribution in [0.2, 0.25) is 0 Å². The summed E-state index contributed by atoms with van der Waals surface area (Å²) >= 11 is 0. The smallest absolute Gasteiger partial charge is 0.314 e. The molecule has 6 heteroatoms. The zero-order chi connectivity index (χ0) is 16.3. The van der Waals surface area contributed by atoms with Crippen LogP contribution in [0.4, 0.5) is 4.79 Å². The largest absolute Gasteiger partial charge is 0.481 e. The lowest BCUT2D eigenvalue weighted by Gasteiger charge is -2.18. The van der Waals surface area contributed by atoms with Crippen molar-refractivity contribution in [2.75, 3.05) is 33.7 Å². The first-order valence-corrected chi connectivity index (χ1v) is 7.69. The van der Waals surface area contributed by atoms with Crippen molar-refractivity contribution in [3.8, 4) is 0 Å². The molecule has 0 heterocycles. The second-order valence-electron chi connectivity index (χ2n) is 6.24. The molecule has 21 heavy (non-hydrogen) atoms. The third-order valence-electron chi connectivity index (χ3n) is 3.14. The fraction of sp³-hybridized carbons (Fsp3) is 0.867. The second kappa shape index (κ2) is 11.4. The van der Waals surface area contributed by atoms with Crippen LogP contribution in [0.3, 0.4) is 0 Å². The van der Waals surface area contributed by atoms with E-state index in [9.17, 15) is 9.59 Å². The third-order valence-corrected chi connectivity index (χ3v) is 3.14. The van der Waals surface area contributed by atoms with E-state index in [1.807, 2.05) is 14.1 Å². The van der Waals surface area contributed by atoms with Crippen LogP contribution in [-0.4, -0.2) is 55.7 Å². The zero-order valence-corrected chi connectivity index (χ0v) is 13.8. The molecule has 124 valence electrons. The molecule has 0 aromatic rings. The summed E-state index contributed by atoms with van der Waals surface area (Å²) in [5.74, 6) is -0.404. The average Bonchev–Trinajstić information content (AvgIpc) is 2.33. The van der Waals surface area contributed by atoms with Gasteiger partial charge in [0, 0.05) is 19.5 Å². The van der Waals surface area contributed by atoms with Gasteiger partial charge in [0.2, 0.25) is 0 Å². The molecule has 2 amide bonds. The molecule has 0 spiro atoms. The standard InChI is InChI=1S/C15H31N3O3/c1-12(2)9-13(10-14(19)20)11-17-15(21)16-7-5-6-8-18(3)4/h12-13H,5-11H2,1-4H3,(H,19,20)(H2,16,17,21).